The topological polar surface area (TPSA) is 79.9 Å². The smallest absolute Gasteiger partial charge is 0.416 e. The van der Waals surface area contributed by atoms with Gasteiger partial charge in [0.25, 0.3) is 6.47 Å². The van der Waals surface area contributed by atoms with Crippen LogP contribution in [0.1, 0.15) is 24.1 Å². The van der Waals surface area contributed by atoms with Gasteiger partial charge in [-0.2, -0.15) is 4.39 Å². The lowest BCUT2D eigenvalue weighted by Gasteiger charge is -2.34. The molecule has 1 heterocycles. The van der Waals surface area contributed by atoms with Crippen LogP contribution >= 0.6 is 12.1 Å². The molecular weight excluding hydrogens is 392 g/mol. The van der Waals surface area contributed by atoms with Crippen molar-refractivity contribution in [1.82, 2.24) is 9.62 Å². The molecule has 0 spiro atoms. The van der Waals surface area contributed by atoms with Gasteiger partial charge in [-0.3, -0.25) is 9.69 Å². The van der Waals surface area contributed by atoms with E-state index in [2.05, 4.69) is 14.2 Å². The molecule has 0 aromatic heterocycles. The van der Waals surface area contributed by atoms with Crippen molar-refractivity contribution in [1.29, 1.82) is 0 Å². The Kier molecular flexibility index (Phi) is 6.00. The van der Waals surface area contributed by atoms with Crippen molar-refractivity contribution in [3.05, 3.63) is 53.1 Å². The number of amides is 1. The molecule has 28 heavy (non-hydrogen) atoms. The van der Waals surface area contributed by atoms with Crippen molar-refractivity contribution in [3.63, 3.8) is 0 Å². The molecule has 1 aliphatic heterocycles. The molecular formula is C18H17F2N3O4S. The van der Waals surface area contributed by atoms with E-state index in [-0.39, 0.29) is 35.8 Å². The van der Waals surface area contributed by atoms with Crippen LogP contribution in [0.2, 0.25) is 0 Å². The maximum Gasteiger partial charge on any atom is 0.416 e. The minimum Gasteiger partial charge on any atom is -0.425 e. The monoisotopic (exact) mass is 409 g/mol. The van der Waals surface area contributed by atoms with Crippen LogP contribution in [0.15, 0.2) is 30.3 Å². The average molecular weight is 409 g/mol. The highest BCUT2D eigenvalue weighted by Gasteiger charge is 2.35. The molecule has 0 saturated heterocycles. The van der Waals surface area contributed by atoms with Crippen LogP contribution < -0.4 is 18.9 Å². The quantitative estimate of drug-likeness (QED) is 0.532. The van der Waals surface area contributed by atoms with Gasteiger partial charge in [0.2, 0.25) is 5.82 Å². The third-order valence-corrected chi connectivity index (χ3v) is 4.82. The molecule has 1 atom stereocenters. The molecule has 1 amide bonds. The molecule has 0 radical (unpaired) electrons. The van der Waals surface area contributed by atoms with Gasteiger partial charge in [0, 0.05) is 23.3 Å². The van der Waals surface area contributed by atoms with Crippen LogP contribution in [0.4, 0.5) is 19.3 Å². The number of hydrogen-bond acceptors (Lipinski definition) is 7. The highest BCUT2D eigenvalue weighted by atomic mass is 32.2. The predicted molar refractivity (Wildman–Crippen MR) is 99.7 cm³/mol. The van der Waals surface area contributed by atoms with Crippen molar-refractivity contribution < 1.29 is 27.8 Å². The van der Waals surface area contributed by atoms with E-state index in [4.69, 9.17) is 4.74 Å². The van der Waals surface area contributed by atoms with Crippen LogP contribution in [-0.4, -0.2) is 24.5 Å². The third kappa shape index (κ3) is 3.73. The minimum absolute atomic E-state index is 0.0702. The number of fused-ring (bicyclic) bond motifs is 1. The van der Waals surface area contributed by atoms with Crippen LogP contribution in [0, 0.1) is 11.6 Å². The SMILES string of the molecule is CNSNc1cccc(CN2C(=O)Oc3c(ccc(OC=O)c3F)C2C)c1F. The molecule has 10 heteroatoms. The lowest BCUT2D eigenvalue weighted by Crippen LogP contribution is -2.39. The first-order chi connectivity index (χ1) is 13.5. The molecule has 1 aliphatic rings. The molecule has 0 saturated carbocycles. The van der Waals surface area contributed by atoms with Crippen molar-refractivity contribution in [2.75, 3.05) is 11.8 Å². The Morgan fingerprint density at radius 3 is 2.79 bits per heavy atom. The zero-order chi connectivity index (χ0) is 20.3. The summed E-state index contributed by atoms with van der Waals surface area (Å²) in [6.07, 6.45) is -0.829. The van der Waals surface area contributed by atoms with Crippen LogP contribution in [0.3, 0.4) is 0 Å². The molecule has 7 nitrogen and oxygen atoms in total. The van der Waals surface area contributed by atoms with E-state index in [9.17, 15) is 18.4 Å². The van der Waals surface area contributed by atoms with Gasteiger partial charge in [0.15, 0.2) is 17.3 Å². The van der Waals surface area contributed by atoms with E-state index in [0.29, 0.717) is 5.56 Å². The number of carbonyl (C=O) groups excluding carboxylic acids is 2. The van der Waals surface area contributed by atoms with Gasteiger partial charge < -0.3 is 14.2 Å². The van der Waals surface area contributed by atoms with Crippen LogP contribution in [0.5, 0.6) is 11.5 Å². The normalized spacial score (nSPS) is 15.6. The second-order valence-corrected chi connectivity index (χ2v) is 6.69. The summed E-state index contributed by atoms with van der Waals surface area (Å²) in [6, 6.07) is 6.98. The summed E-state index contributed by atoms with van der Waals surface area (Å²) in [5.74, 6) is -2.08. The second-order valence-electron chi connectivity index (χ2n) is 5.87. The largest absolute Gasteiger partial charge is 0.425 e. The Hall–Kier alpha value is -2.85. The molecule has 148 valence electrons. The average Bonchev–Trinajstić information content (AvgIpc) is 2.68. The lowest BCUT2D eigenvalue weighted by atomic mass is 10.0. The van der Waals surface area contributed by atoms with E-state index in [1.54, 1.807) is 32.2 Å². The van der Waals surface area contributed by atoms with Gasteiger partial charge in [-0.15, -0.1) is 0 Å². The maximum absolute atomic E-state index is 14.7. The number of nitrogens with one attached hydrogen (secondary N) is 2. The van der Waals surface area contributed by atoms with Crippen LogP contribution in [0.25, 0.3) is 0 Å². The first-order valence-corrected chi connectivity index (χ1v) is 9.06. The summed E-state index contributed by atoms with van der Waals surface area (Å²) in [6.45, 7) is 1.69. The number of rotatable bonds is 7. The van der Waals surface area contributed by atoms with Gasteiger partial charge in [0.1, 0.15) is 0 Å². The van der Waals surface area contributed by atoms with Crippen molar-refractivity contribution in [3.8, 4) is 11.5 Å². The number of benzene rings is 2. The number of anilines is 1. The maximum atomic E-state index is 14.7. The standard InChI is InChI=1S/C18H17F2N3O4S/c1-10-12-6-7-14(26-9-24)16(20)17(12)27-18(25)23(10)8-11-4-3-5-13(15(11)19)22-28-21-2/h3-7,9-10,21-22H,8H2,1-2H3. The number of ether oxygens (including phenoxy) is 2. The van der Waals surface area contributed by atoms with Crippen molar-refractivity contribution >= 4 is 30.4 Å². The van der Waals surface area contributed by atoms with Crippen molar-refractivity contribution in [2.24, 2.45) is 0 Å². The molecule has 0 bridgehead atoms. The Bertz CT molecular complexity index is 913. The summed E-state index contributed by atoms with van der Waals surface area (Å²) in [5, 5.41) is 0. The summed E-state index contributed by atoms with van der Waals surface area (Å²) in [5.41, 5.74) is 0.920. The Labute approximate surface area is 164 Å². The molecule has 2 aromatic carbocycles. The molecule has 0 aliphatic carbocycles. The van der Waals surface area contributed by atoms with Crippen LogP contribution in [-0.2, 0) is 11.3 Å². The van der Waals surface area contributed by atoms with E-state index in [1.165, 1.54) is 17.0 Å². The molecule has 2 N–H and O–H groups in total. The molecule has 2 aromatic rings. The van der Waals surface area contributed by atoms with Gasteiger partial charge in [-0.1, -0.05) is 12.1 Å². The Morgan fingerprint density at radius 1 is 1.29 bits per heavy atom. The highest BCUT2D eigenvalue weighted by molar-refractivity contribution is 7.98. The van der Waals surface area contributed by atoms with E-state index < -0.39 is 23.8 Å². The van der Waals surface area contributed by atoms with Gasteiger partial charge >= 0.3 is 6.09 Å². The fourth-order valence-electron chi connectivity index (χ4n) is 2.87. The first-order valence-electron chi connectivity index (χ1n) is 8.25. The fraction of sp³-hybridized carbons (Fsp3) is 0.222. The number of nitrogens with zero attached hydrogens (tertiary/aromatic N) is 1. The number of hydrogen-bond donors (Lipinski definition) is 2. The fourth-order valence-corrected chi connectivity index (χ4v) is 3.24. The van der Waals surface area contributed by atoms with Gasteiger partial charge in [-0.25, -0.2) is 13.9 Å². The molecule has 1 unspecified atom stereocenters. The first kappa shape index (κ1) is 19.9. The highest BCUT2D eigenvalue weighted by Crippen LogP contribution is 2.40. The van der Waals surface area contributed by atoms with E-state index in [0.717, 1.165) is 12.1 Å². The molecule has 3 rings (SSSR count). The minimum atomic E-state index is -0.939. The zero-order valence-electron chi connectivity index (χ0n) is 15.0. The summed E-state index contributed by atoms with van der Waals surface area (Å²) < 4.78 is 44.4. The van der Waals surface area contributed by atoms with E-state index in [1.807, 2.05) is 0 Å². The Balaban J connectivity index is 1.88. The zero-order valence-corrected chi connectivity index (χ0v) is 15.8. The Morgan fingerprint density at radius 2 is 2.07 bits per heavy atom. The summed E-state index contributed by atoms with van der Waals surface area (Å²) >= 11 is 1.11. The lowest BCUT2D eigenvalue weighted by molar-refractivity contribution is -0.120. The predicted octanol–water partition coefficient (Wildman–Crippen LogP) is 3.77. The third-order valence-electron chi connectivity index (χ3n) is 4.29. The van der Waals surface area contributed by atoms with Crippen molar-refractivity contribution in [2.45, 2.75) is 19.5 Å². The summed E-state index contributed by atoms with van der Waals surface area (Å²) in [7, 11) is 1.69. The van der Waals surface area contributed by atoms with Gasteiger partial charge in [-0.05, 0) is 32.2 Å². The van der Waals surface area contributed by atoms with Gasteiger partial charge in [0.05, 0.1) is 18.3 Å². The molecule has 0 fully saturated rings. The van der Waals surface area contributed by atoms with E-state index >= 15 is 0 Å². The number of carbonyl (C=O) groups is 2. The number of halogens is 2. The second kappa shape index (κ2) is 8.44. The summed E-state index contributed by atoms with van der Waals surface area (Å²) in [4.78, 5) is 24.2.